The van der Waals surface area contributed by atoms with Gasteiger partial charge >= 0.3 is 0 Å². The fourth-order valence-electron chi connectivity index (χ4n) is 5.69. The summed E-state index contributed by atoms with van der Waals surface area (Å²) < 4.78 is 8.18. The van der Waals surface area contributed by atoms with Gasteiger partial charge in [0.15, 0.2) is 0 Å². The molecule has 194 valence electrons. The van der Waals surface area contributed by atoms with Crippen molar-refractivity contribution >= 4 is 11.6 Å². The number of carbonyl (C=O) groups excluding carboxylic acids is 1. The van der Waals surface area contributed by atoms with E-state index >= 15 is 0 Å². The van der Waals surface area contributed by atoms with Crippen LogP contribution in [0.4, 0.5) is 5.69 Å². The standard InChI is InChI=1S/C32H34N4O2/c1-22-10-12-35(20-22)28-15-24(21-36-13-11-26-18-33-19-30(26)36)14-27(17-28)34-32(37)25-9-8-23(2)31(16-25)38-29-6-4-3-5-7-29/h3-10,12,14-17,20,26,30,33H,11,13,18-19,21H2,1-2H3,(H,34,37)/t26-,30+/m1/s1. The van der Waals surface area contributed by atoms with Gasteiger partial charge in [-0.05, 0) is 104 Å². The maximum absolute atomic E-state index is 13.4. The van der Waals surface area contributed by atoms with E-state index in [0.717, 1.165) is 54.8 Å². The van der Waals surface area contributed by atoms with Crippen LogP contribution in [0, 0.1) is 19.8 Å². The van der Waals surface area contributed by atoms with E-state index in [0.29, 0.717) is 17.4 Å². The van der Waals surface area contributed by atoms with Gasteiger partial charge in [-0.25, -0.2) is 0 Å². The van der Waals surface area contributed by atoms with Crippen molar-refractivity contribution in [2.24, 2.45) is 5.92 Å². The third kappa shape index (κ3) is 5.23. The van der Waals surface area contributed by atoms with Crippen LogP contribution in [0.5, 0.6) is 11.5 Å². The molecule has 3 aromatic carbocycles. The minimum Gasteiger partial charge on any atom is -0.457 e. The predicted octanol–water partition coefficient (Wildman–Crippen LogP) is 5.93. The Labute approximate surface area is 224 Å². The van der Waals surface area contributed by atoms with Crippen LogP contribution in [0.3, 0.4) is 0 Å². The average molecular weight is 507 g/mol. The third-order valence-corrected chi connectivity index (χ3v) is 7.74. The smallest absolute Gasteiger partial charge is 0.255 e. The number of likely N-dealkylation sites (tertiary alicyclic amines) is 1. The zero-order chi connectivity index (χ0) is 26.1. The highest BCUT2D eigenvalue weighted by molar-refractivity contribution is 6.04. The highest BCUT2D eigenvalue weighted by atomic mass is 16.5. The van der Waals surface area contributed by atoms with E-state index in [-0.39, 0.29) is 5.91 Å². The van der Waals surface area contributed by atoms with Crippen LogP contribution in [-0.2, 0) is 6.54 Å². The number of hydrogen-bond donors (Lipinski definition) is 2. The van der Waals surface area contributed by atoms with Crippen LogP contribution in [0.1, 0.15) is 33.5 Å². The Hall–Kier alpha value is -3.87. The first kappa shape index (κ1) is 24.5. The van der Waals surface area contributed by atoms with Crippen LogP contribution >= 0.6 is 0 Å². The van der Waals surface area contributed by atoms with E-state index in [9.17, 15) is 4.79 Å². The molecule has 2 saturated heterocycles. The summed E-state index contributed by atoms with van der Waals surface area (Å²) in [6.07, 6.45) is 5.43. The van der Waals surface area contributed by atoms with Crippen molar-refractivity contribution < 1.29 is 9.53 Å². The lowest BCUT2D eigenvalue weighted by Crippen LogP contribution is -2.33. The summed E-state index contributed by atoms with van der Waals surface area (Å²) >= 11 is 0. The van der Waals surface area contributed by atoms with E-state index < -0.39 is 0 Å². The molecule has 1 aromatic heterocycles. The van der Waals surface area contributed by atoms with Crippen LogP contribution in [0.25, 0.3) is 5.69 Å². The first-order valence-corrected chi connectivity index (χ1v) is 13.4. The minimum atomic E-state index is -0.157. The topological polar surface area (TPSA) is 58.5 Å². The summed E-state index contributed by atoms with van der Waals surface area (Å²) in [4.78, 5) is 16.0. The summed E-state index contributed by atoms with van der Waals surface area (Å²) in [7, 11) is 0. The van der Waals surface area contributed by atoms with Gasteiger partial charge < -0.3 is 19.9 Å². The number of aromatic nitrogens is 1. The number of anilines is 1. The summed E-state index contributed by atoms with van der Waals surface area (Å²) in [5.41, 5.74) is 5.77. The molecule has 2 N–H and O–H groups in total. The fraction of sp³-hybridized carbons (Fsp3) is 0.281. The molecule has 0 saturated carbocycles. The molecule has 1 amide bonds. The Bertz CT molecular complexity index is 1450. The molecule has 6 heteroatoms. The van der Waals surface area contributed by atoms with E-state index in [1.807, 2.05) is 61.5 Å². The number of amides is 1. The van der Waals surface area contributed by atoms with Crippen molar-refractivity contribution in [3.8, 4) is 17.2 Å². The van der Waals surface area contributed by atoms with Gasteiger partial charge in [-0.2, -0.15) is 0 Å². The molecule has 0 bridgehead atoms. The van der Waals surface area contributed by atoms with Crippen molar-refractivity contribution in [3.63, 3.8) is 0 Å². The Morgan fingerprint density at radius 2 is 1.89 bits per heavy atom. The maximum Gasteiger partial charge on any atom is 0.255 e. The fourth-order valence-corrected chi connectivity index (χ4v) is 5.69. The molecular weight excluding hydrogens is 472 g/mol. The largest absolute Gasteiger partial charge is 0.457 e. The lowest BCUT2D eigenvalue weighted by atomic mass is 10.0. The number of benzene rings is 3. The SMILES string of the molecule is Cc1ccn(-c2cc(CN3CC[C@@H]4CNC[C@@H]43)cc(NC(=O)c3ccc(C)c(Oc4ccccc4)c3)c2)c1. The minimum absolute atomic E-state index is 0.157. The van der Waals surface area contributed by atoms with Gasteiger partial charge in [0.05, 0.1) is 0 Å². The number of rotatable bonds is 7. The molecule has 2 fully saturated rings. The molecule has 0 unspecified atom stereocenters. The van der Waals surface area contributed by atoms with Crippen LogP contribution in [0.2, 0.25) is 0 Å². The average Bonchev–Trinajstić information content (AvgIpc) is 3.65. The van der Waals surface area contributed by atoms with Crippen molar-refractivity contribution in [3.05, 3.63) is 107 Å². The summed E-state index contributed by atoms with van der Waals surface area (Å²) in [6.45, 7) is 8.26. The molecule has 38 heavy (non-hydrogen) atoms. The number of nitrogens with zero attached hydrogens (tertiary/aromatic N) is 2. The first-order chi connectivity index (χ1) is 18.5. The van der Waals surface area contributed by atoms with Gasteiger partial charge in [0.1, 0.15) is 11.5 Å². The Morgan fingerprint density at radius 1 is 1.03 bits per heavy atom. The molecule has 6 nitrogen and oxygen atoms in total. The second-order valence-corrected chi connectivity index (χ2v) is 10.6. The lowest BCUT2D eigenvalue weighted by Gasteiger charge is -2.24. The van der Waals surface area contributed by atoms with E-state index in [4.69, 9.17) is 4.74 Å². The summed E-state index contributed by atoms with van der Waals surface area (Å²) in [5.74, 6) is 2.01. The van der Waals surface area contributed by atoms with Gasteiger partial charge in [-0.3, -0.25) is 9.69 Å². The molecule has 0 radical (unpaired) electrons. The predicted molar refractivity (Wildman–Crippen MR) is 151 cm³/mol. The van der Waals surface area contributed by atoms with Crippen molar-refractivity contribution in [2.75, 3.05) is 25.0 Å². The zero-order valence-corrected chi connectivity index (χ0v) is 22.0. The second kappa shape index (κ2) is 10.5. The zero-order valence-electron chi connectivity index (χ0n) is 22.0. The molecule has 6 rings (SSSR count). The van der Waals surface area contributed by atoms with Crippen molar-refractivity contribution in [1.29, 1.82) is 0 Å². The van der Waals surface area contributed by atoms with E-state index in [1.54, 1.807) is 0 Å². The highest BCUT2D eigenvalue weighted by Gasteiger charge is 2.37. The monoisotopic (exact) mass is 506 g/mol. The Morgan fingerprint density at radius 3 is 2.71 bits per heavy atom. The number of aryl methyl sites for hydroxylation is 2. The number of nitrogens with one attached hydrogen (secondary N) is 2. The second-order valence-electron chi connectivity index (χ2n) is 10.6. The molecule has 2 aliphatic heterocycles. The molecule has 3 heterocycles. The number of fused-ring (bicyclic) bond motifs is 1. The van der Waals surface area contributed by atoms with Gasteiger partial charge in [0.25, 0.3) is 5.91 Å². The number of hydrogen-bond acceptors (Lipinski definition) is 4. The van der Waals surface area contributed by atoms with Gasteiger partial charge in [-0.15, -0.1) is 0 Å². The molecule has 0 spiro atoms. The van der Waals surface area contributed by atoms with Gasteiger partial charge in [0, 0.05) is 48.5 Å². The normalized spacial score (nSPS) is 18.9. The molecule has 2 aliphatic rings. The third-order valence-electron chi connectivity index (χ3n) is 7.74. The summed E-state index contributed by atoms with van der Waals surface area (Å²) in [6, 6.07) is 24.3. The Kier molecular flexibility index (Phi) is 6.75. The Balaban J connectivity index is 1.26. The lowest BCUT2D eigenvalue weighted by molar-refractivity contribution is 0.102. The van der Waals surface area contributed by atoms with Crippen molar-refractivity contribution in [2.45, 2.75) is 32.9 Å². The number of carbonyl (C=O) groups is 1. The molecule has 4 aromatic rings. The van der Waals surface area contributed by atoms with Gasteiger partial charge in [-0.1, -0.05) is 24.3 Å². The van der Waals surface area contributed by atoms with Crippen LogP contribution in [0.15, 0.2) is 85.2 Å². The molecular formula is C32H34N4O2. The maximum atomic E-state index is 13.4. The highest BCUT2D eigenvalue weighted by Crippen LogP contribution is 2.30. The number of para-hydroxylation sites is 1. The quantitative estimate of drug-likeness (QED) is 0.326. The van der Waals surface area contributed by atoms with Crippen LogP contribution < -0.4 is 15.4 Å². The van der Waals surface area contributed by atoms with Crippen molar-refractivity contribution in [1.82, 2.24) is 14.8 Å². The van der Waals surface area contributed by atoms with Crippen LogP contribution in [-0.4, -0.2) is 41.1 Å². The first-order valence-electron chi connectivity index (χ1n) is 13.4. The van der Waals surface area contributed by atoms with Gasteiger partial charge in [0.2, 0.25) is 0 Å². The van der Waals surface area contributed by atoms with E-state index in [1.165, 1.54) is 17.5 Å². The summed E-state index contributed by atoms with van der Waals surface area (Å²) in [5, 5.41) is 6.70. The van der Waals surface area contributed by atoms with E-state index in [2.05, 4.69) is 57.6 Å². The molecule has 2 atom stereocenters. The molecule has 0 aliphatic carbocycles. The number of ether oxygens (including phenoxy) is 1.